The Bertz CT molecular complexity index is 571. The highest BCUT2D eigenvalue weighted by molar-refractivity contribution is 9.10. The van der Waals surface area contributed by atoms with Crippen molar-refractivity contribution in [1.82, 2.24) is 15.3 Å². The predicted octanol–water partition coefficient (Wildman–Crippen LogP) is 2.63. The van der Waals surface area contributed by atoms with Crippen LogP contribution in [0.5, 0.6) is 0 Å². The molecule has 0 saturated carbocycles. The van der Waals surface area contributed by atoms with E-state index in [-0.39, 0.29) is 0 Å². The maximum atomic E-state index is 4.35. The van der Waals surface area contributed by atoms with Gasteiger partial charge in [-0.25, -0.2) is 9.97 Å². The second-order valence-corrected chi connectivity index (χ2v) is 5.03. The molecule has 0 aliphatic carbocycles. The normalized spacial score (nSPS) is 14.1. The van der Waals surface area contributed by atoms with E-state index >= 15 is 0 Å². The summed E-state index contributed by atoms with van der Waals surface area (Å²) < 4.78 is 1.03. The van der Waals surface area contributed by atoms with E-state index < -0.39 is 0 Å². The maximum Gasteiger partial charge on any atom is 0.138 e. The molecule has 0 radical (unpaired) electrons. The van der Waals surface area contributed by atoms with E-state index in [1.807, 2.05) is 24.3 Å². The van der Waals surface area contributed by atoms with Crippen molar-refractivity contribution < 1.29 is 0 Å². The SMILES string of the molecule is Brc1ccccc1Nc1ncnc2c1CNCC2. The largest absolute Gasteiger partial charge is 0.339 e. The first-order chi connectivity index (χ1) is 8.84. The van der Waals surface area contributed by atoms with Crippen LogP contribution in [0.4, 0.5) is 11.5 Å². The van der Waals surface area contributed by atoms with E-state index in [0.29, 0.717) is 0 Å². The highest BCUT2D eigenvalue weighted by Crippen LogP contribution is 2.27. The summed E-state index contributed by atoms with van der Waals surface area (Å²) in [5.74, 6) is 0.888. The minimum absolute atomic E-state index is 0.822. The highest BCUT2D eigenvalue weighted by atomic mass is 79.9. The van der Waals surface area contributed by atoms with Crippen molar-refractivity contribution in [2.24, 2.45) is 0 Å². The zero-order valence-electron chi connectivity index (χ0n) is 9.78. The molecule has 1 aromatic heterocycles. The lowest BCUT2D eigenvalue weighted by Gasteiger charge is -2.19. The van der Waals surface area contributed by atoms with E-state index in [1.165, 1.54) is 5.56 Å². The molecule has 1 aliphatic heterocycles. The average molecular weight is 305 g/mol. The summed E-state index contributed by atoms with van der Waals surface area (Å²) in [5, 5.41) is 6.71. The van der Waals surface area contributed by atoms with Gasteiger partial charge in [-0.2, -0.15) is 0 Å². The summed E-state index contributed by atoms with van der Waals surface area (Å²) in [6.45, 7) is 1.81. The molecule has 0 spiro atoms. The molecular formula is C13H13BrN4. The fourth-order valence-corrected chi connectivity index (χ4v) is 2.45. The van der Waals surface area contributed by atoms with Crippen molar-refractivity contribution in [3.8, 4) is 0 Å². The van der Waals surface area contributed by atoms with Crippen molar-refractivity contribution in [3.63, 3.8) is 0 Å². The molecule has 0 saturated heterocycles. The van der Waals surface area contributed by atoms with Crippen LogP contribution in [-0.2, 0) is 13.0 Å². The van der Waals surface area contributed by atoms with E-state index in [2.05, 4.69) is 36.5 Å². The first-order valence-corrected chi connectivity index (χ1v) is 6.69. The average Bonchev–Trinajstić information content (AvgIpc) is 2.42. The number of nitrogens with one attached hydrogen (secondary N) is 2. The van der Waals surface area contributed by atoms with E-state index in [9.17, 15) is 0 Å². The van der Waals surface area contributed by atoms with Crippen molar-refractivity contribution in [3.05, 3.63) is 46.3 Å². The number of rotatable bonds is 2. The standard InChI is InChI=1S/C13H13BrN4/c14-10-3-1-2-4-12(10)18-13-9-7-15-6-5-11(9)16-8-17-13/h1-4,8,15H,5-7H2,(H,16,17,18). The zero-order valence-corrected chi connectivity index (χ0v) is 11.4. The van der Waals surface area contributed by atoms with Gasteiger partial charge in [0.1, 0.15) is 12.1 Å². The number of fused-ring (bicyclic) bond motifs is 1. The van der Waals surface area contributed by atoms with E-state index in [1.54, 1.807) is 6.33 Å². The fraction of sp³-hybridized carbons (Fsp3) is 0.231. The molecule has 1 aromatic carbocycles. The fourth-order valence-electron chi connectivity index (χ4n) is 2.07. The Kier molecular flexibility index (Phi) is 3.25. The minimum atomic E-state index is 0.822. The predicted molar refractivity (Wildman–Crippen MR) is 74.9 cm³/mol. The summed E-state index contributed by atoms with van der Waals surface area (Å²) in [5.41, 5.74) is 3.32. The summed E-state index contributed by atoms with van der Waals surface area (Å²) in [6, 6.07) is 8.02. The molecule has 0 atom stereocenters. The molecule has 5 heteroatoms. The molecule has 2 N–H and O–H groups in total. The van der Waals surface area contributed by atoms with Gasteiger partial charge in [-0.3, -0.25) is 0 Å². The van der Waals surface area contributed by atoms with Crippen molar-refractivity contribution in [2.75, 3.05) is 11.9 Å². The Morgan fingerprint density at radius 3 is 3.00 bits per heavy atom. The van der Waals surface area contributed by atoms with Gasteiger partial charge in [-0.15, -0.1) is 0 Å². The maximum absolute atomic E-state index is 4.35. The first-order valence-electron chi connectivity index (χ1n) is 5.89. The summed E-state index contributed by atoms with van der Waals surface area (Å²) in [4.78, 5) is 8.69. The second-order valence-electron chi connectivity index (χ2n) is 4.18. The van der Waals surface area contributed by atoms with Gasteiger partial charge < -0.3 is 10.6 Å². The number of anilines is 2. The number of benzene rings is 1. The Labute approximate surface area is 114 Å². The van der Waals surface area contributed by atoms with Crippen LogP contribution in [0, 0.1) is 0 Å². The van der Waals surface area contributed by atoms with Crippen LogP contribution in [0.25, 0.3) is 0 Å². The Morgan fingerprint density at radius 1 is 1.22 bits per heavy atom. The summed E-state index contributed by atoms with van der Waals surface area (Å²) in [6.07, 6.45) is 2.59. The number of hydrogen-bond acceptors (Lipinski definition) is 4. The zero-order chi connectivity index (χ0) is 12.4. The molecule has 4 nitrogen and oxygen atoms in total. The van der Waals surface area contributed by atoms with Crippen molar-refractivity contribution >= 4 is 27.4 Å². The number of nitrogens with zero attached hydrogens (tertiary/aromatic N) is 2. The topological polar surface area (TPSA) is 49.8 Å². The summed E-state index contributed by atoms with van der Waals surface area (Å²) in [7, 11) is 0. The lowest BCUT2D eigenvalue weighted by Crippen LogP contribution is -2.25. The first kappa shape index (κ1) is 11.6. The van der Waals surface area contributed by atoms with Crippen LogP contribution in [0.15, 0.2) is 35.1 Å². The number of hydrogen-bond donors (Lipinski definition) is 2. The Hall–Kier alpha value is -1.46. The highest BCUT2D eigenvalue weighted by Gasteiger charge is 2.15. The van der Waals surface area contributed by atoms with Gasteiger partial charge in [0, 0.05) is 29.5 Å². The van der Waals surface area contributed by atoms with Crippen molar-refractivity contribution in [2.45, 2.75) is 13.0 Å². The van der Waals surface area contributed by atoms with Gasteiger partial charge in [0.2, 0.25) is 0 Å². The van der Waals surface area contributed by atoms with Crippen LogP contribution in [-0.4, -0.2) is 16.5 Å². The van der Waals surface area contributed by atoms with Crippen LogP contribution in [0.3, 0.4) is 0 Å². The second kappa shape index (κ2) is 5.04. The molecule has 18 heavy (non-hydrogen) atoms. The molecular weight excluding hydrogens is 292 g/mol. The Morgan fingerprint density at radius 2 is 2.11 bits per heavy atom. The third-order valence-corrected chi connectivity index (χ3v) is 3.69. The van der Waals surface area contributed by atoms with Crippen LogP contribution >= 0.6 is 15.9 Å². The van der Waals surface area contributed by atoms with Gasteiger partial charge in [0.05, 0.1) is 11.4 Å². The van der Waals surface area contributed by atoms with Crippen molar-refractivity contribution in [1.29, 1.82) is 0 Å². The Balaban J connectivity index is 1.96. The van der Waals surface area contributed by atoms with Gasteiger partial charge in [0.25, 0.3) is 0 Å². The lowest BCUT2D eigenvalue weighted by atomic mass is 10.1. The molecule has 0 amide bonds. The quantitative estimate of drug-likeness (QED) is 0.895. The van der Waals surface area contributed by atoms with Crippen LogP contribution in [0.1, 0.15) is 11.3 Å². The molecule has 3 rings (SSSR count). The third-order valence-electron chi connectivity index (χ3n) is 3.00. The smallest absolute Gasteiger partial charge is 0.138 e. The molecule has 0 fully saturated rings. The van der Waals surface area contributed by atoms with Gasteiger partial charge in [-0.1, -0.05) is 12.1 Å². The van der Waals surface area contributed by atoms with Crippen LogP contribution < -0.4 is 10.6 Å². The van der Waals surface area contributed by atoms with Crippen LogP contribution in [0.2, 0.25) is 0 Å². The summed E-state index contributed by atoms with van der Waals surface area (Å²) >= 11 is 3.53. The molecule has 2 heterocycles. The van der Waals surface area contributed by atoms with Gasteiger partial charge >= 0.3 is 0 Å². The van der Waals surface area contributed by atoms with Gasteiger partial charge in [0.15, 0.2) is 0 Å². The number of para-hydroxylation sites is 1. The third kappa shape index (κ3) is 2.23. The molecule has 92 valence electrons. The minimum Gasteiger partial charge on any atom is -0.339 e. The number of aromatic nitrogens is 2. The van der Waals surface area contributed by atoms with E-state index in [4.69, 9.17) is 0 Å². The molecule has 0 bridgehead atoms. The molecule has 0 unspecified atom stereocenters. The monoisotopic (exact) mass is 304 g/mol. The lowest BCUT2D eigenvalue weighted by molar-refractivity contribution is 0.628. The molecule has 1 aliphatic rings. The van der Waals surface area contributed by atoms with E-state index in [0.717, 1.165) is 41.2 Å². The molecule has 2 aromatic rings. The van der Waals surface area contributed by atoms with Gasteiger partial charge in [-0.05, 0) is 28.1 Å². The number of halogens is 1.